The molecule has 1 nitrogen and oxygen atoms in total. The molecule has 0 heterocycles. The van der Waals surface area contributed by atoms with E-state index in [9.17, 15) is 5.11 Å². The lowest BCUT2D eigenvalue weighted by atomic mass is 9.93. The lowest BCUT2D eigenvalue weighted by Gasteiger charge is -2.20. The Morgan fingerprint density at radius 1 is 1.38 bits per heavy atom. The van der Waals surface area contributed by atoms with Crippen LogP contribution in [0, 0.1) is 0 Å². The van der Waals surface area contributed by atoms with Crippen LogP contribution in [0.15, 0.2) is 42.5 Å². The van der Waals surface area contributed by atoms with Crippen molar-refractivity contribution in [3.8, 4) is 0 Å². The van der Waals surface area contributed by atoms with Gasteiger partial charge in [-0.2, -0.15) is 0 Å². The van der Waals surface area contributed by atoms with Gasteiger partial charge in [0.1, 0.15) is 4.51 Å². The van der Waals surface area contributed by atoms with E-state index in [1.807, 2.05) is 6.08 Å². The molecule has 0 spiro atoms. The van der Waals surface area contributed by atoms with Crippen molar-refractivity contribution in [1.82, 2.24) is 0 Å². The average Bonchev–Trinajstić information content (AvgIpc) is 2.29. The van der Waals surface area contributed by atoms with Gasteiger partial charge in [-0.15, -0.1) is 0 Å². The first-order chi connectivity index (χ1) is 7.62. The number of benzene rings is 1. The summed E-state index contributed by atoms with van der Waals surface area (Å²) in [5, 5.41) is 9.75. The van der Waals surface area contributed by atoms with Crippen molar-refractivity contribution >= 4 is 21.5 Å². The van der Waals surface area contributed by atoms with Gasteiger partial charge in [0.15, 0.2) is 0 Å². The monoisotopic (exact) mass is 278 g/mol. The standard InChI is InChI=1S/C14H15BrO/c1-2-11-5-3-4-6-13(11)12-7-9-14(15,16)10-8-12/h3-9,16H,2,10H2,1H3. The molecule has 1 aromatic rings. The minimum absolute atomic E-state index is 0.608. The molecule has 1 unspecified atom stereocenters. The highest BCUT2D eigenvalue weighted by Gasteiger charge is 2.21. The van der Waals surface area contributed by atoms with Crippen LogP contribution in [0.3, 0.4) is 0 Å². The maximum Gasteiger partial charge on any atom is 0.141 e. The van der Waals surface area contributed by atoms with Crippen LogP contribution in [0.4, 0.5) is 0 Å². The summed E-state index contributed by atoms with van der Waals surface area (Å²) in [7, 11) is 0. The molecule has 1 aliphatic rings. The zero-order valence-electron chi connectivity index (χ0n) is 9.28. The Morgan fingerprint density at radius 2 is 2.12 bits per heavy atom. The van der Waals surface area contributed by atoms with Crippen LogP contribution in [-0.2, 0) is 6.42 Å². The highest BCUT2D eigenvalue weighted by atomic mass is 79.9. The summed E-state index contributed by atoms with van der Waals surface area (Å²) >= 11 is 3.25. The van der Waals surface area contributed by atoms with Crippen molar-refractivity contribution in [2.24, 2.45) is 0 Å². The van der Waals surface area contributed by atoms with Gasteiger partial charge in [0.05, 0.1) is 0 Å². The first-order valence-electron chi connectivity index (χ1n) is 5.51. The molecule has 0 saturated carbocycles. The lowest BCUT2D eigenvalue weighted by molar-refractivity contribution is 0.198. The summed E-state index contributed by atoms with van der Waals surface area (Å²) in [4.78, 5) is 0. The molecule has 1 atom stereocenters. The number of aliphatic hydroxyl groups is 1. The Labute approximate surface area is 105 Å². The summed E-state index contributed by atoms with van der Waals surface area (Å²) in [5.41, 5.74) is 3.81. The molecule has 0 radical (unpaired) electrons. The molecule has 0 amide bonds. The molecule has 0 aliphatic heterocycles. The zero-order chi connectivity index (χ0) is 11.6. The van der Waals surface area contributed by atoms with Gasteiger partial charge in [-0.05, 0) is 45.1 Å². The van der Waals surface area contributed by atoms with Crippen LogP contribution in [0.5, 0.6) is 0 Å². The van der Waals surface area contributed by atoms with Crippen molar-refractivity contribution in [1.29, 1.82) is 0 Å². The van der Waals surface area contributed by atoms with Gasteiger partial charge in [-0.25, -0.2) is 0 Å². The first kappa shape index (κ1) is 11.6. The number of aryl methyl sites for hydroxylation is 1. The fourth-order valence-corrected chi connectivity index (χ4v) is 2.21. The summed E-state index contributed by atoms with van der Waals surface area (Å²) in [6, 6.07) is 8.40. The average molecular weight is 279 g/mol. The fraction of sp³-hybridized carbons (Fsp3) is 0.286. The summed E-state index contributed by atoms with van der Waals surface area (Å²) in [6.45, 7) is 2.16. The molecule has 0 fully saturated rings. The molecule has 84 valence electrons. The van der Waals surface area contributed by atoms with Crippen molar-refractivity contribution in [2.75, 3.05) is 0 Å². The van der Waals surface area contributed by atoms with Crippen LogP contribution < -0.4 is 0 Å². The number of rotatable bonds is 2. The van der Waals surface area contributed by atoms with E-state index < -0.39 is 4.51 Å². The second-order valence-electron chi connectivity index (χ2n) is 4.03. The molecule has 0 bridgehead atoms. The SMILES string of the molecule is CCc1ccccc1C1=CCC(O)(Br)C=C1. The minimum Gasteiger partial charge on any atom is -0.375 e. The quantitative estimate of drug-likeness (QED) is 0.819. The molecule has 2 rings (SSSR count). The van der Waals surface area contributed by atoms with Crippen LogP contribution >= 0.6 is 15.9 Å². The number of hydrogen-bond acceptors (Lipinski definition) is 1. The van der Waals surface area contributed by atoms with Gasteiger partial charge in [0.2, 0.25) is 0 Å². The molecular weight excluding hydrogens is 264 g/mol. The van der Waals surface area contributed by atoms with Gasteiger partial charge >= 0.3 is 0 Å². The van der Waals surface area contributed by atoms with Crippen molar-refractivity contribution in [3.05, 3.63) is 53.6 Å². The second kappa shape index (κ2) is 4.56. The predicted octanol–water partition coefficient (Wildman–Crippen LogP) is 3.68. The molecule has 16 heavy (non-hydrogen) atoms. The van der Waals surface area contributed by atoms with Crippen molar-refractivity contribution < 1.29 is 5.11 Å². The molecule has 1 aliphatic carbocycles. The van der Waals surface area contributed by atoms with Gasteiger partial charge in [0.25, 0.3) is 0 Å². The molecule has 1 N–H and O–H groups in total. The van der Waals surface area contributed by atoms with Crippen LogP contribution in [0.25, 0.3) is 5.57 Å². The highest BCUT2D eigenvalue weighted by molar-refractivity contribution is 9.10. The fourth-order valence-electron chi connectivity index (χ4n) is 1.92. The Kier molecular flexibility index (Phi) is 3.31. The van der Waals surface area contributed by atoms with Crippen molar-refractivity contribution in [3.63, 3.8) is 0 Å². The smallest absolute Gasteiger partial charge is 0.141 e. The molecule has 0 aromatic heterocycles. The van der Waals surface area contributed by atoms with E-state index >= 15 is 0 Å². The van der Waals surface area contributed by atoms with E-state index in [0.29, 0.717) is 6.42 Å². The third-order valence-electron chi connectivity index (χ3n) is 2.84. The van der Waals surface area contributed by atoms with Crippen molar-refractivity contribution in [2.45, 2.75) is 24.3 Å². The van der Waals surface area contributed by atoms with Gasteiger partial charge < -0.3 is 5.11 Å². The Morgan fingerprint density at radius 3 is 2.75 bits per heavy atom. The number of halogens is 1. The van der Waals surface area contributed by atoms with Gasteiger partial charge in [-0.1, -0.05) is 43.3 Å². The maximum atomic E-state index is 9.75. The Bertz CT molecular complexity index is 444. The Hall–Kier alpha value is -0.860. The molecule has 0 saturated heterocycles. The van der Waals surface area contributed by atoms with E-state index in [4.69, 9.17) is 0 Å². The molecular formula is C14H15BrO. The van der Waals surface area contributed by atoms with E-state index in [-0.39, 0.29) is 0 Å². The topological polar surface area (TPSA) is 20.2 Å². The van der Waals surface area contributed by atoms with Gasteiger partial charge in [-0.3, -0.25) is 0 Å². The number of alkyl halides is 1. The normalized spacial score (nSPS) is 24.3. The lowest BCUT2D eigenvalue weighted by Crippen LogP contribution is -2.17. The summed E-state index contributed by atoms with van der Waals surface area (Å²) in [6.07, 6.45) is 7.49. The third-order valence-corrected chi connectivity index (χ3v) is 3.42. The Balaban J connectivity index is 2.33. The van der Waals surface area contributed by atoms with E-state index in [2.05, 4.69) is 53.2 Å². The largest absolute Gasteiger partial charge is 0.375 e. The third kappa shape index (κ3) is 2.45. The summed E-state index contributed by atoms with van der Waals surface area (Å²) < 4.78 is -0.863. The first-order valence-corrected chi connectivity index (χ1v) is 6.30. The molecule has 1 aromatic carbocycles. The maximum absolute atomic E-state index is 9.75. The van der Waals surface area contributed by atoms with Crippen LogP contribution in [0.2, 0.25) is 0 Å². The minimum atomic E-state index is -0.863. The predicted molar refractivity (Wildman–Crippen MR) is 71.4 cm³/mol. The number of allylic oxidation sites excluding steroid dienone is 2. The highest BCUT2D eigenvalue weighted by Crippen LogP contribution is 2.31. The van der Waals surface area contributed by atoms with E-state index in [1.54, 1.807) is 6.08 Å². The van der Waals surface area contributed by atoms with Crippen LogP contribution in [0.1, 0.15) is 24.5 Å². The number of hydrogen-bond donors (Lipinski definition) is 1. The van der Waals surface area contributed by atoms with E-state index in [0.717, 1.165) is 6.42 Å². The zero-order valence-corrected chi connectivity index (χ0v) is 10.9. The molecule has 2 heteroatoms. The second-order valence-corrected chi connectivity index (χ2v) is 5.40. The van der Waals surface area contributed by atoms with E-state index in [1.165, 1.54) is 16.7 Å². The summed E-state index contributed by atoms with van der Waals surface area (Å²) in [5.74, 6) is 0. The van der Waals surface area contributed by atoms with Crippen LogP contribution in [-0.4, -0.2) is 9.62 Å². The van der Waals surface area contributed by atoms with Gasteiger partial charge in [0, 0.05) is 6.42 Å².